The minimum atomic E-state index is -0.250. The van der Waals surface area contributed by atoms with Gasteiger partial charge in [-0.1, -0.05) is 13.8 Å². The highest BCUT2D eigenvalue weighted by atomic mass is 16.2. The Labute approximate surface area is 95.4 Å². The molecular weight excluding hydrogens is 204 g/mol. The van der Waals surface area contributed by atoms with Gasteiger partial charge in [-0.2, -0.15) is 0 Å². The number of carbonyl (C=O) groups excluding carboxylic acids is 2. The third kappa shape index (κ3) is 1.56. The maximum Gasteiger partial charge on any atom is 0.247 e. The molecule has 0 radical (unpaired) electrons. The topological polar surface area (TPSA) is 49.4 Å². The molecule has 2 unspecified atom stereocenters. The molecule has 0 aromatic heterocycles. The van der Waals surface area contributed by atoms with Crippen molar-refractivity contribution in [3.63, 3.8) is 0 Å². The van der Waals surface area contributed by atoms with E-state index in [1.54, 1.807) is 0 Å². The quantitative estimate of drug-likeness (QED) is 0.714. The average Bonchev–Trinajstić information content (AvgIpc) is 3.05. The van der Waals surface area contributed by atoms with Crippen LogP contribution in [0.1, 0.15) is 39.5 Å². The van der Waals surface area contributed by atoms with Gasteiger partial charge in [0.2, 0.25) is 11.8 Å². The standard InChI is InChI=1S/C12H18N2O2/c1-12(2)6-9(12)13-8-5-10(15)14(11(8)16)7-3-4-7/h7-9,13H,3-6H2,1-2H3. The van der Waals surface area contributed by atoms with E-state index in [9.17, 15) is 9.59 Å². The fraction of sp³-hybridized carbons (Fsp3) is 0.833. The van der Waals surface area contributed by atoms with Gasteiger partial charge in [0.05, 0.1) is 12.5 Å². The van der Waals surface area contributed by atoms with Crippen molar-refractivity contribution in [3.05, 3.63) is 0 Å². The predicted molar refractivity (Wildman–Crippen MR) is 58.6 cm³/mol. The molecule has 3 aliphatic rings. The largest absolute Gasteiger partial charge is 0.302 e. The molecule has 1 saturated heterocycles. The molecule has 4 nitrogen and oxygen atoms in total. The van der Waals surface area contributed by atoms with Crippen molar-refractivity contribution in [2.24, 2.45) is 5.41 Å². The number of amides is 2. The Balaban J connectivity index is 1.65. The Hall–Kier alpha value is -0.900. The summed E-state index contributed by atoms with van der Waals surface area (Å²) in [6.07, 6.45) is 3.47. The van der Waals surface area contributed by atoms with Crippen molar-refractivity contribution in [1.82, 2.24) is 10.2 Å². The van der Waals surface area contributed by atoms with Gasteiger partial charge in [0.25, 0.3) is 0 Å². The van der Waals surface area contributed by atoms with Crippen molar-refractivity contribution in [1.29, 1.82) is 0 Å². The van der Waals surface area contributed by atoms with Crippen molar-refractivity contribution in [2.75, 3.05) is 0 Å². The Morgan fingerprint density at radius 1 is 1.31 bits per heavy atom. The van der Waals surface area contributed by atoms with E-state index in [4.69, 9.17) is 0 Å². The molecular formula is C12H18N2O2. The monoisotopic (exact) mass is 222 g/mol. The summed E-state index contributed by atoms with van der Waals surface area (Å²) < 4.78 is 0. The summed E-state index contributed by atoms with van der Waals surface area (Å²) in [6, 6.07) is 0.382. The molecule has 2 amide bonds. The molecule has 2 atom stereocenters. The second kappa shape index (κ2) is 3.06. The molecule has 2 saturated carbocycles. The van der Waals surface area contributed by atoms with E-state index in [1.807, 2.05) is 0 Å². The van der Waals surface area contributed by atoms with E-state index < -0.39 is 0 Å². The number of hydrogen-bond acceptors (Lipinski definition) is 3. The summed E-state index contributed by atoms with van der Waals surface area (Å²) in [7, 11) is 0. The Bertz CT molecular complexity index is 360. The van der Waals surface area contributed by atoms with Crippen molar-refractivity contribution in [2.45, 2.75) is 57.7 Å². The van der Waals surface area contributed by atoms with Gasteiger partial charge in [-0.3, -0.25) is 14.5 Å². The molecule has 0 aromatic carbocycles. The number of likely N-dealkylation sites (tertiary alicyclic amines) is 1. The number of imide groups is 1. The summed E-state index contributed by atoms with van der Waals surface area (Å²) in [4.78, 5) is 25.2. The molecule has 2 aliphatic carbocycles. The number of nitrogens with one attached hydrogen (secondary N) is 1. The highest BCUT2D eigenvalue weighted by molar-refractivity contribution is 6.06. The van der Waals surface area contributed by atoms with E-state index in [-0.39, 0.29) is 23.9 Å². The molecule has 1 aliphatic heterocycles. The Morgan fingerprint density at radius 3 is 2.44 bits per heavy atom. The third-order valence-corrected chi connectivity index (χ3v) is 4.01. The van der Waals surface area contributed by atoms with Gasteiger partial charge < -0.3 is 5.32 Å². The molecule has 1 heterocycles. The molecule has 1 N–H and O–H groups in total. The highest BCUT2D eigenvalue weighted by Gasteiger charge is 2.51. The van der Waals surface area contributed by atoms with Gasteiger partial charge in [0.1, 0.15) is 0 Å². The molecule has 4 heteroatoms. The molecule has 16 heavy (non-hydrogen) atoms. The van der Waals surface area contributed by atoms with Crippen molar-refractivity contribution < 1.29 is 9.59 Å². The van der Waals surface area contributed by atoms with Crippen molar-refractivity contribution >= 4 is 11.8 Å². The van der Waals surface area contributed by atoms with E-state index in [0.717, 1.165) is 19.3 Å². The first kappa shape index (κ1) is 10.3. The number of nitrogens with zero attached hydrogens (tertiary/aromatic N) is 1. The SMILES string of the molecule is CC1(C)CC1NC1CC(=O)N(C2CC2)C1=O. The third-order valence-electron chi connectivity index (χ3n) is 4.01. The first-order valence-corrected chi connectivity index (χ1v) is 6.11. The molecule has 3 rings (SSSR count). The smallest absolute Gasteiger partial charge is 0.247 e. The van der Waals surface area contributed by atoms with Gasteiger partial charge in [0.15, 0.2) is 0 Å². The lowest BCUT2D eigenvalue weighted by molar-refractivity contribution is -0.139. The molecule has 0 spiro atoms. The van der Waals surface area contributed by atoms with E-state index in [0.29, 0.717) is 17.9 Å². The van der Waals surface area contributed by atoms with Gasteiger partial charge in [-0.05, 0) is 24.7 Å². The summed E-state index contributed by atoms with van der Waals surface area (Å²) in [5.41, 5.74) is 0.302. The van der Waals surface area contributed by atoms with E-state index in [2.05, 4.69) is 19.2 Å². The van der Waals surface area contributed by atoms with Gasteiger partial charge in [0, 0.05) is 12.1 Å². The van der Waals surface area contributed by atoms with Crippen LogP contribution in [0.3, 0.4) is 0 Å². The molecule has 3 fully saturated rings. The van der Waals surface area contributed by atoms with Crippen molar-refractivity contribution in [3.8, 4) is 0 Å². The van der Waals surface area contributed by atoms with Crippen LogP contribution in [0.25, 0.3) is 0 Å². The van der Waals surface area contributed by atoms with Crippen LogP contribution in [0.4, 0.5) is 0 Å². The Kier molecular flexibility index (Phi) is 1.97. The number of rotatable bonds is 3. The minimum absolute atomic E-state index is 0.00944. The highest BCUT2D eigenvalue weighted by Crippen LogP contribution is 2.45. The van der Waals surface area contributed by atoms with Gasteiger partial charge in [-0.25, -0.2) is 0 Å². The lowest BCUT2D eigenvalue weighted by Gasteiger charge is -2.15. The fourth-order valence-electron chi connectivity index (χ4n) is 2.49. The maximum absolute atomic E-state index is 12.0. The van der Waals surface area contributed by atoms with Crippen LogP contribution in [0.15, 0.2) is 0 Å². The van der Waals surface area contributed by atoms with Crippen LogP contribution in [0.5, 0.6) is 0 Å². The maximum atomic E-state index is 12.0. The van der Waals surface area contributed by atoms with E-state index >= 15 is 0 Å². The van der Waals surface area contributed by atoms with Crippen LogP contribution in [0, 0.1) is 5.41 Å². The first-order valence-electron chi connectivity index (χ1n) is 6.11. The summed E-state index contributed by atoms with van der Waals surface area (Å²) in [6.45, 7) is 4.37. The second-order valence-corrected chi connectivity index (χ2v) is 6.00. The van der Waals surface area contributed by atoms with Crippen LogP contribution in [-0.2, 0) is 9.59 Å². The van der Waals surface area contributed by atoms with Crippen LogP contribution >= 0.6 is 0 Å². The molecule has 0 bridgehead atoms. The molecule has 88 valence electrons. The summed E-state index contributed by atoms with van der Waals surface area (Å²) in [5, 5.41) is 3.32. The zero-order chi connectivity index (χ0) is 11.5. The van der Waals surface area contributed by atoms with Crippen LogP contribution in [-0.4, -0.2) is 34.8 Å². The zero-order valence-electron chi connectivity index (χ0n) is 9.82. The summed E-state index contributed by atoms with van der Waals surface area (Å²) in [5.74, 6) is 0.0265. The minimum Gasteiger partial charge on any atom is -0.302 e. The Morgan fingerprint density at radius 2 is 1.94 bits per heavy atom. The van der Waals surface area contributed by atoms with Gasteiger partial charge >= 0.3 is 0 Å². The fourth-order valence-corrected chi connectivity index (χ4v) is 2.49. The second-order valence-electron chi connectivity index (χ2n) is 6.00. The van der Waals surface area contributed by atoms with E-state index in [1.165, 1.54) is 4.90 Å². The normalized spacial score (nSPS) is 37.0. The van der Waals surface area contributed by atoms with Crippen LogP contribution < -0.4 is 5.32 Å². The number of carbonyl (C=O) groups is 2. The zero-order valence-corrected chi connectivity index (χ0v) is 9.82. The summed E-state index contributed by atoms with van der Waals surface area (Å²) >= 11 is 0. The van der Waals surface area contributed by atoms with Gasteiger partial charge in [-0.15, -0.1) is 0 Å². The predicted octanol–water partition coefficient (Wildman–Crippen LogP) is 0.664. The average molecular weight is 222 g/mol. The molecule has 0 aromatic rings. The first-order chi connectivity index (χ1) is 7.49. The van der Waals surface area contributed by atoms with Crippen LogP contribution in [0.2, 0.25) is 0 Å². The lowest BCUT2D eigenvalue weighted by atomic mass is 10.1. The lowest BCUT2D eigenvalue weighted by Crippen LogP contribution is -2.41. The number of hydrogen-bond donors (Lipinski definition) is 1.